The summed E-state index contributed by atoms with van der Waals surface area (Å²) in [6, 6.07) is 13.6. The number of benzene rings is 2. The molecule has 1 aromatic heterocycles. The number of halogens is 1. The van der Waals surface area contributed by atoms with E-state index >= 15 is 0 Å². The molecule has 0 unspecified atom stereocenters. The molecule has 0 spiro atoms. The molecule has 4 rings (SSSR count). The van der Waals surface area contributed by atoms with Gasteiger partial charge < -0.3 is 25.0 Å². The molecule has 2 N–H and O–H groups in total. The Hall–Kier alpha value is -3.52. The second-order valence-corrected chi connectivity index (χ2v) is 8.19. The molecule has 33 heavy (non-hydrogen) atoms. The number of hydrogen-bond donors (Lipinski definition) is 2. The van der Waals surface area contributed by atoms with Crippen molar-refractivity contribution in [2.24, 2.45) is 0 Å². The second kappa shape index (κ2) is 9.95. The number of piperazine rings is 1. The second-order valence-electron chi connectivity index (χ2n) is 7.79. The molecule has 1 fully saturated rings. The Morgan fingerprint density at radius 1 is 1.06 bits per heavy atom. The molecule has 0 radical (unpaired) electrons. The third kappa shape index (κ3) is 5.28. The fourth-order valence-corrected chi connectivity index (χ4v) is 3.89. The van der Waals surface area contributed by atoms with Crippen molar-refractivity contribution >= 4 is 46.0 Å². The van der Waals surface area contributed by atoms with E-state index in [9.17, 15) is 14.7 Å². The molecule has 1 aliphatic heterocycles. The number of ether oxygens (including phenoxy) is 1. The minimum atomic E-state index is -0.331. The molecule has 0 atom stereocenters. The Morgan fingerprint density at radius 3 is 2.45 bits per heavy atom. The lowest BCUT2D eigenvalue weighted by Gasteiger charge is -2.34. The number of fused-ring (bicyclic) bond motifs is 1. The van der Waals surface area contributed by atoms with E-state index in [2.05, 4.69) is 10.3 Å². The topological polar surface area (TPSA) is 95.0 Å². The van der Waals surface area contributed by atoms with Crippen molar-refractivity contribution in [1.82, 2.24) is 14.8 Å². The number of amides is 2. The lowest BCUT2D eigenvalue weighted by Crippen LogP contribution is -2.50. The van der Waals surface area contributed by atoms with E-state index in [0.717, 1.165) is 17.5 Å². The fraction of sp³-hybridized carbons (Fsp3) is 0.292. The summed E-state index contributed by atoms with van der Waals surface area (Å²) in [5, 5.41) is 13.9. The maximum atomic E-state index is 13.1. The zero-order valence-corrected chi connectivity index (χ0v) is 19.0. The van der Waals surface area contributed by atoms with Crippen LogP contribution in [-0.2, 0) is 4.74 Å². The number of anilines is 2. The fourth-order valence-electron chi connectivity index (χ4n) is 3.63. The summed E-state index contributed by atoms with van der Waals surface area (Å²) in [7, 11) is 0. The Morgan fingerprint density at radius 2 is 1.76 bits per heavy atom. The van der Waals surface area contributed by atoms with E-state index < -0.39 is 0 Å². The van der Waals surface area contributed by atoms with Crippen LogP contribution in [0.4, 0.5) is 16.3 Å². The summed E-state index contributed by atoms with van der Waals surface area (Å²) < 4.78 is 5.17. The first-order valence-corrected chi connectivity index (χ1v) is 11.2. The zero-order valence-electron chi connectivity index (χ0n) is 18.3. The predicted octanol–water partition coefficient (Wildman–Crippen LogP) is 4.64. The van der Waals surface area contributed by atoms with E-state index in [4.69, 9.17) is 16.3 Å². The Balaban J connectivity index is 1.48. The normalized spacial score (nSPS) is 13.8. The maximum absolute atomic E-state index is 13.1. The Labute approximate surface area is 196 Å². The van der Waals surface area contributed by atoms with Crippen LogP contribution in [0.5, 0.6) is 5.75 Å². The lowest BCUT2D eigenvalue weighted by molar-refractivity contribution is 0.0560. The van der Waals surface area contributed by atoms with Gasteiger partial charge >= 0.3 is 6.09 Å². The molecule has 0 saturated carbocycles. The van der Waals surface area contributed by atoms with Crippen molar-refractivity contribution in [3.05, 3.63) is 59.1 Å². The summed E-state index contributed by atoms with van der Waals surface area (Å²) in [4.78, 5) is 33.1. The molecule has 0 aliphatic carbocycles. The first-order chi connectivity index (χ1) is 15.9. The van der Waals surface area contributed by atoms with Gasteiger partial charge in [-0.1, -0.05) is 24.6 Å². The van der Waals surface area contributed by atoms with Crippen molar-refractivity contribution in [2.75, 3.05) is 38.1 Å². The molecule has 9 heteroatoms. The van der Waals surface area contributed by atoms with Gasteiger partial charge in [0.1, 0.15) is 11.6 Å². The highest BCUT2D eigenvalue weighted by atomic mass is 35.5. The number of aromatic nitrogens is 1. The smallest absolute Gasteiger partial charge is 0.409 e. The van der Waals surface area contributed by atoms with Gasteiger partial charge in [-0.25, -0.2) is 9.78 Å². The first kappa shape index (κ1) is 22.7. The van der Waals surface area contributed by atoms with E-state index in [1.807, 2.05) is 6.92 Å². The molecular weight excluding hydrogens is 444 g/mol. The van der Waals surface area contributed by atoms with Gasteiger partial charge in [0.05, 0.1) is 17.1 Å². The predicted molar refractivity (Wildman–Crippen MR) is 127 cm³/mol. The molecule has 172 valence electrons. The van der Waals surface area contributed by atoms with Gasteiger partial charge in [0, 0.05) is 48.9 Å². The molecule has 2 heterocycles. The lowest BCUT2D eigenvalue weighted by atomic mass is 10.1. The van der Waals surface area contributed by atoms with Crippen molar-refractivity contribution in [1.29, 1.82) is 0 Å². The molecule has 3 aromatic rings. The van der Waals surface area contributed by atoms with Crippen LogP contribution in [0.1, 0.15) is 23.7 Å². The number of nitrogens with zero attached hydrogens (tertiary/aromatic N) is 3. The molecule has 1 saturated heterocycles. The third-order valence-electron chi connectivity index (χ3n) is 5.40. The minimum absolute atomic E-state index is 0.117. The molecular formula is C24H25ClN4O4. The molecule has 2 amide bonds. The Bertz CT molecular complexity index is 1160. The van der Waals surface area contributed by atoms with Gasteiger partial charge in [-0.3, -0.25) is 4.79 Å². The zero-order chi connectivity index (χ0) is 23.4. The van der Waals surface area contributed by atoms with Gasteiger partial charge in [0.15, 0.2) is 0 Å². The highest BCUT2D eigenvalue weighted by Crippen LogP contribution is 2.28. The first-order valence-electron chi connectivity index (χ1n) is 10.8. The van der Waals surface area contributed by atoms with Gasteiger partial charge in [-0.05, 0) is 42.8 Å². The van der Waals surface area contributed by atoms with Crippen molar-refractivity contribution in [3.63, 3.8) is 0 Å². The number of carbonyl (C=O) groups is 2. The van der Waals surface area contributed by atoms with Crippen molar-refractivity contribution < 1.29 is 19.4 Å². The van der Waals surface area contributed by atoms with E-state index in [1.54, 1.807) is 58.3 Å². The summed E-state index contributed by atoms with van der Waals surface area (Å²) in [5.41, 5.74) is 1.85. The average Bonchev–Trinajstić information content (AvgIpc) is 2.83. The number of phenolic OH excluding ortho intramolecular Hbond substituents is 1. The molecule has 0 bridgehead atoms. The average molecular weight is 469 g/mol. The summed E-state index contributed by atoms with van der Waals surface area (Å²) >= 11 is 6.45. The molecule has 8 nitrogen and oxygen atoms in total. The van der Waals surface area contributed by atoms with Crippen LogP contribution in [-0.4, -0.2) is 64.7 Å². The van der Waals surface area contributed by atoms with Crippen LogP contribution >= 0.6 is 11.6 Å². The van der Waals surface area contributed by atoms with Gasteiger partial charge in [-0.15, -0.1) is 0 Å². The van der Waals surface area contributed by atoms with Gasteiger partial charge in [0.2, 0.25) is 0 Å². The number of carbonyl (C=O) groups excluding carboxylic acids is 2. The van der Waals surface area contributed by atoms with Gasteiger partial charge in [0.25, 0.3) is 5.91 Å². The van der Waals surface area contributed by atoms with Crippen molar-refractivity contribution in [2.45, 2.75) is 13.3 Å². The number of phenols is 1. The number of nitrogens with one attached hydrogen (secondary N) is 1. The quantitative estimate of drug-likeness (QED) is 0.529. The van der Waals surface area contributed by atoms with Gasteiger partial charge in [-0.2, -0.15) is 0 Å². The number of aromatic hydroxyl groups is 1. The number of pyridine rings is 1. The molecule has 2 aromatic carbocycles. The summed E-state index contributed by atoms with van der Waals surface area (Å²) in [5.74, 6) is 0.585. The largest absolute Gasteiger partial charge is 0.508 e. The van der Waals surface area contributed by atoms with Crippen molar-refractivity contribution in [3.8, 4) is 5.75 Å². The number of hydrogen-bond acceptors (Lipinski definition) is 6. The Kier molecular flexibility index (Phi) is 6.84. The highest BCUT2D eigenvalue weighted by Gasteiger charge is 2.26. The van der Waals surface area contributed by atoms with Crippen LogP contribution in [0.3, 0.4) is 0 Å². The summed E-state index contributed by atoms with van der Waals surface area (Å²) in [6.07, 6.45) is 0.443. The van der Waals surface area contributed by atoms with Crippen LogP contribution < -0.4 is 5.32 Å². The summed E-state index contributed by atoms with van der Waals surface area (Å²) in [6.45, 7) is 4.10. The van der Waals surface area contributed by atoms with Crippen LogP contribution in [0.25, 0.3) is 10.9 Å². The number of rotatable bonds is 5. The highest BCUT2D eigenvalue weighted by molar-refractivity contribution is 6.35. The third-order valence-corrected chi connectivity index (χ3v) is 5.71. The molecule has 1 aliphatic rings. The van der Waals surface area contributed by atoms with E-state index in [1.165, 1.54) is 0 Å². The standard InChI is InChI=1S/C24H25ClN4O4/c1-2-13-33-24(32)29-11-9-28(10-12-29)23(31)16-3-8-19-20(25)15-22(27-21(19)14-16)26-17-4-6-18(30)7-5-17/h3-8,14-15,30H,2,9-13H2,1H3,(H,26,27). The van der Waals surface area contributed by atoms with Crippen LogP contribution in [0, 0.1) is 0 Å². The SMILES string of the molecule is CCCOC(=O)N1CCN(C(=O)c2ccc3c(Cl)cc(Nc4ccc(O)cc4)nc3c2)CC1. The monoisotopic (exact) mass is 468 g/mol. The van der Waals surface area contributed by atoms with Crippen LogP contribution in [0.2, 0.25) is 5.02 Å². The van der Waals surface area contributed by atoms with E-state index in [-0.39, 0.29) is 17.7 Å². The minimum Gasteiger partial charge on any atom is -0.508 e. The van der Waals surface area contributed by atoms with E-state index in [0.29, 0.717) is 54.7 Å². The maximum Gasteiger partial charge on any atom is 0.409 e. The van der Waals surface area contributed by atoms with Crippen LogP contribution in [0.15, 0.2) is 48.5 Å².